The Kier molecular flexibility index (Phi) is 2.26. The number of fused-ring (bicyclic) bond motifs is 1. The SMILES string of the molecule is CC(C)(C)c1nc2c(Br)c(N)ccc2[nH]1. The lowest BCUT2D eigenvalue weighted by molar-refractivity contribution is 0.554. The van der Waals surface area contributed by atoms with Crippen LogP contribution < -0.4 is 5.73 Å². The van der Waals surface area contributed by atoms with Gasteiger partial charge in [-0.2, -0.15) is 0 Å². The number of nitrogens with one attached hydrogen (secondary N) is 1. The Balaban J connectivity index is 2.72. The van der Waals surface area contributed by atoms with Gasteiger partial charge in [0.15, 0.2) is 0 Å². The maximum atomic E-state index is 5.80. The number of aromatic amines is 1. The van der Waals surface area contributed by atoms with E-state index < -0.39 is 0 Å². The molecule has 1 aromatic heterocycles. The average Bonchev–Trinajstić information content (AvgIpc) is 2.55. The number of imidazole rings is 1. The number of benzene rings is 1. The first kappa shape index (κ1) is 10.5. The van der Waals surface area contributed by atoms with Gasteiger partial charge < -0.3 is 10.7 Å². The summed E-state index contributed by atoms with van der Waals surface area (Å²) in [6.45, 7) is 6.38. The predicted molar refractivity (Wildman–Crippen MR) is 66.9 cm³/mol. The van der Waals surface area contributed by atoms with Gasteiger partial charge in [0, 0.05) is 11.1 Å². The molecule has 3 nitrogen and oxygen atoms in total. The maximum Gasteiger partial charge on any atom is 0.112 e. The van der Waals surface area contributed by atoms with Crippen LogP contribution in [0, 0.1) is 0 Å². The van der Waals surface area contributed by atoms with E-state index in [-0.39, 0.29) is 5.41 Å². The summed E-state index contributed by atoms with van der Waals surface area (Å²) in [7, 11) is 0. The lowest BCUT2D eigenvalue weighted by Gasteiger charge is -2.13. The summed E-state index contributed by atoms with van der Waals surface area (Å²) in [6, 6.07) is 3.83. The highest BCUT2D eigenvalue weighted by molar-refractivity contribution is 9.10. The van der Waals surface area contributed by atoms with Crippen LogP contribution in [0.25, 0.3) is 11.0 Å². The Labute approximate surface area is 97.2 Å². The average molecular weight is 268 g/mol. The Morgan fingerprint density at radius 3 is 2.60 bits per heavy atom. The zero-order valence-corrected chi connectivity index (χ0v) is 10.6. The first-order valence-corrected chi connectivity index (χ1v) is 5.63. The number of nitrogens with zero attached hydrogens (tertiary/aromatic N) is 1. The van der Waals surface area contributed by atoms with Gasteiger partial charge in [-0.3, -0.25) is 0 Å². The number of nitrogens with two attached hydrogens (primary N) is 1. The molecular weight excluding hydrogens is 254 g/mol. The minimum atomic E-state index is 0.0211. The summed E-state index contributed by atoms with van der Waals surface area (Å²) in [5.74, 6) is 0.976. The molecular formula is C11H14BrN3. The number of rotatable bonds is 0. The lowest BCUT2D eigenvalue weighted by atomic mass is 9.96. The molecule has 3 N–H and O–H groups in total. The Morgan fingerprint density at radius 2 is 2.00 bits per heavy atom. The molecule has 0 radical (unpaired) electrons. The van der Waals surface area contributed by atoms with Gasteiger partial charge in [0.05, 0.1) is 9.99 Å². The van der Waals surface area contributed by atoms with Gasteiger partial charge in [0.1, 0.15) is 11.3 Å². The molecule has 0 aliphatic rings. The molecule has 0 aliphatic carbocycles. The van der Waals surface area contributed by atoms with Crippen LogP contribution in [0.1, 0.15) is 26.6 Å². The van der Waals surface area contributed by atoms with Crippen LogP contribution in [0.5, 0.6) is 0 Å². The minimum absolute atomic E-state index is 0.0211. The standard InChI is InChI=1S/C11H14BrN3/c1-11(2,3)10-14-7-5-4-6(13)8(12)9(7)15-10/h4-5H,13H2,1-3H3,(H,14,15). The molecule has 0 atom stereocenters. The van der Waals surface area contributed by atoms with E-state index in [1.807, 2.05) is 12.1 Å². The largest absolute Gasteiger partial charge is 0.398 e. The summed E-state index contributed by atoms with van der Waals surface area (Å²) in [6.07, 6.45) is 0. The second kappa shape index (κ2) is 3.23. The Hall–Kier alpha value is -1.03. The molecule has 1 aromatic carbocycles. The van der Waals surface area contributed by atoms with Crippen molar-refractivity contribution in [2.24, 2.45) is 0 Å². The van der Waals surface area contributed by atoms with Gasteiger partial charge in [-0.15, -0.1) is 0 Å². The highest BCUT2D eigenvalue weighted by atomic mass is 79.9. The first-order valence-electron chi connectivity index (χ1n) is 4.84. The quantitative estimate of drug-likeness (QED) is 0.721. The van der Waals surface area contributed by atoms with Crippen molar-refractivity contribution in [1.29, 1.82) is 0 Å². The van der Waals surface area contributed by atoms with Crippen molar-refractivity contribution < 1.29 is 0 Å². The molecule has 1 heterocycles. The van der Waals surface area contributed by atoms with Gasteiger partial charge in [0.25, 0.3) is 0 Å². The van der Waals surface area contributed by atoms with Crippen molar-refractivity contribution >= 4 is 32.7 Å². The number of anilines is 1. The van der Waals surface area contributed by atoms with Crippen molar-refractivity contribution in [3.8, 4) is 0 Å². The predicted octanol–water partition coefficient (Wildman–Crippen LogP) is 3.21. The van der Waals surface area contributed by atoms with Gasteiger partial charge in [-0.25, -0.2) is 4.98 Å². The zero-order valence-electron chi connectivity index (χ0n) is 9.06. The number of nitrogen functional groups attached to an aromatic ring is 1. The summed E-state index contributed by atoms with van der Waals surface area (Å²) in [5, 5.41) is 0. The Bertz CT molecular complexity index is 508. The highest BCUT2D eigenvalue weighted by Crippen LogP contribution is 2.30. The van der Waals surface area contributed by atoms with Crippen LogP contribution in [0.4, 0.5) is 5.69 Å². The molecule has 0 fully saturated rings. The van der Waals surface area contributed by atoms with Crippen molar-refractivity contribution in [1.82, 2.24) is 9.97 Å². The molecule has 0 amide bonds. The van der Waals surface area contributed by atoms with Crippen molar-refractivity contribution in [3.63, 3.8) is 0 Å². The third-order valence-electron chi connectivity index (χ3n) is 2.33. The fourth-order valence-corrected chi connectivity index (χ4v) is 1.85. The normalized spacial score (nSPS) is 12.3. The molecule has 0 spiro atoms. The molecule has 0 unspecified atom stereocenters. The molecule has 0 aliphatic heterocycles. The van der Waals surface area contributed by atoms with Crippen LogP contribution in [0.3, 0.4) is 0 Å². The summed E-state index contributed by atoms with van der Waals surface area (Å²) >= 11 is 3.45. The molecule has 0 saturated heterocycles. The van der Waals surface area contributed by atoms with Gasteiger partial charge in [0.2, 0.25) is 0 Å². The van der Waals surface area contributed by atoms with Gasteiger partial charge >= 0.3 is 0 Å². The van der Waals surface area contributed by atoms with Gasteiger partial charge in [-0.05, 0) is 28.1 Å². The monoisotopic (exact) mass is 267 g/mol. The second-order valence-corrected chi connectivity index (χ2v) is 5.49. The number of aromatic nitrogens is 2. The molecule has 0 saturated carbocycles. The number of H-pyrrole nitrogens is 1. The third kappa shape index (κ3) is 1.74. The topological polar surface area (TPSA) is 54.7 Å². The smallest absolute Gasteiger partial charge is 0.112 e. The second-order valence-electron chi connectivity index (χ2n) is 4.70. The van der Waals surface area contributed by atoms with E-state index in [1.165, 1.54) is 0 Å². The summed E-state index contributed by atoms with van der Waals surface area (Å²) < 4.78 is 0.867. The summed E-state index contributed by atoms with van der Waals surface area (Å²) in [5.41, 5.74) is 8.46. The fourth-order valence-electron chi connectivity index (χ4n) is 1.41. The third-order valence-corrected chi connectivity index (χ3v) is 3.17. The molecule has 2 rings (SSSR count). The molecule has 80 valence electrons. The number of hydrogen-bond acceptors (Lipinski definition) is 2. The fraction of sp³-hybridized carbons (Fsp3) is 0.364. The molecule has 0 bridgehead atoms. The lowest BCUT2D eigenvalue weighted by Crippen LogP contribution is -2.12. The van der Waals surface area contributed by atoms with Crippen LogP contribution in [0.15, 0.2) is 16.6 Å². The maximum absolute atomic E-state index is 5.80. The van der Waals surface area contributed by atoms with Crippen molar-refractivity contribution in [2.75, 3.05) is 5.73 Å². The molecule has 4 heteroatoms. The number of halogens is 1. The van der Waals surface area contributed by atoms with E-state index in [0.29, 0.717) is 0 Å². The zero-order chi connectivity index (χ0) is 11.2. The number of hydrogen-bond donors (Lipinski definition) is 2. The van der Waals surface area contributed by atoms with Crippen LogP contribution in [-0.4, -0.2) is 9.97 Å². The van der Waals surface area contributed by atoms with E-state index in [4.69, 9.17) is 5.73 Å². The van der Waals surface area contributed by atoms with Crippen LogP contribution in [-0.2, 0) is 5.41 Å². The van der Waals surface area contributed by atoms with E-state index in [2.05, 4.69) is 46.7 Å². The summed E-state index contributed by atoms with van der Waals surface area (Å²) in [4.78, 5) is 7.87. The minimum Gasteiger partial charge on any atom is -0.398 e. The van der Waals surface area contributed by atoms with E-state index >= 15 is 0 Å². The Morgan fingerprint density at radius 1 is 1.33 bits per heavy atom. The van der Waals surface area contributed by atoms with Gasteiger partial charge in [-0.1, -0.05) is 20.8 Å². The molecule has 2 aromatic rings. The van der Waals surface area contributed by atoms with Crippen molar-refractivity contribution in [3.05, 3.63) is 22.4 Å². The highest BCUT2D eigenvalue weighted by Gasteiger charge is 2.19. The van der Waals surface area contributed by atoms with Crippen LogP contribution >= 0.6 is 15.9 Å². The van der Waals surface area contributed by atoms with E-state index in [9.17, 15) is 0 Å². The van der Waals surface area contributed by atoms with E-state index in [1.54, 1.807) is 0 Å². The van der Waals surface area contributed by atoms with Crippen LogP contribution in [0.2, 0.25) is 0 Å². The van der Waals surface area contributed by atoms with E-state index in [0.717, 1.165) is 27.0 Å². The molecule has 15 heavy (non-hydrogen) atoms. The van der Waals surface area contributed by atoms with Crippen molar-refractivity contribution in [2.45, 2.75) is 26.2 Å². The first-order chi connectivity index (χ1) is 6.89.